The second-order valence-electron chi connectivity index (χ2n) is 6.80. The van der Waals surface area contributed by atoms with Crippen molar-refractivity contribution in [3.05, 3.63) is 48.0 Å². The lowest BCUT2D eigenvalue weighted by molar-refractivity contribution is -0.123. The molecule has 1 aromatic rings. The summed E-state index contributed by atoms with van der Waals surface area (Å²) in [5.41, 5.74) is 1.62. The number of rotatable bonds is 8. The highest BCUT2D eigenvalue weighted by atomic mass is 127. The van der Waals surface area contributed by atoms with Crippen LogP contribution in [-0.4, -0.2) is 67.3 Å². The maximum absolute atomic E-state index is 12.5. The highest BCUT2D eigenvalue weighted by molar-refractivity contribution is 14.0. The standard InChI is InChI=1S/C21H31N5O2.HI/c1-4-6-7-13-25(3)21(22-5-2)24-15-17-8-10-18(11-9-17)20(28)26-14-12-23-19(27)16-26;/h4,8-11H,1,5-7,12-16H2,2-3H3,(H,22,24)(H,23,27);1H. The molecular formula is C21H32IN5O2. The number of guanidine groups is 1. The highest BCUT2D eigenvalue weighted by Crippen LogP contribution is 2.10. The third-order valence-corrected chi connectivity index (χ3v) is 4.54. The molecule has 29 heavy (non-hydrogen) atoms. The van der Waals surface area contributed by atoms with Gasteiger partial charge in [-0.1, -0.05) is 18.2 Å². The predicted octanol–water partition coefficient (Wildman–Crippen LogP) is 2.24. The summed E-state index contributed by atoms with van der Waals surface area (Å²) in [6.45, 7) is 9.23. The van der Waals surface area contributed by atoms with E-state index in [4.69, 9.17) is 4.99 Å². The molecule has 1 aliphatic rings. The molecule has 1 heterocycles. The molecule has 0 unspecified atom stereocenters. The van der Waals surface area contributed by atoms with Crippen molar-refractivity contribution in [1.82, 2.24) is 20.4 Å². The average Bonchev–Trinajstić information content (AvgIpc) is 2.71. The van der Waals surface area contributed by atoms with E-state index in [1.54, 1.807) is 17.0 Å². The van der Waals surface area contributed by atoms with Crippen LogP contribution in [0.25, 0.3) is 0 Å². The minimum atomic E-state index is -0.112. The second kappa shape index (κ2) is 13.2. The van der Waals surface area contributed by atoms with E-state index in [-0.39, 0.29) is 42.3 Å². The molecule has 2 amide bonds. The van der Waals surface area contributed by atoms with E-state index >= 15 is 0 Å². The zero-order valence-electron chi connectivity index (χ0n) is 17.3. The van der Waals surface area contributed by atoms with Crippen LogP contribution in [0.3, 0.4) is 0 Å². The van der Waals surface area contributed by atoms with Crippen LogP contribution in [-0.2, 0) is 11.3 Å². The molecule has 7 nitrogen and oxygen atoms in total. The molecule has 1 saturated heterocycles. The molecule has 0 aliphatic carbocycles. The highest BCUT2D eigenvalue weighted by Gasteiger charge is 2.22. The molecule has 2 rings (SSSR count). The lowest BCUT2D eigenvalue weighted by Crippen LogP contribution is -2.49. The van der Waals surface area contributed by atoms with Crippen LogP contribution in [0.1, 0.15) is 35.7 Å². The molecule has 1 fully saturated rings. The Hall–Kier alpha value is -2.10. The van der Waals surface area contributed by atoms with Gasteiger partial charge in [-0.3, -0.25) is 9.59 Å². The first kappa shape index (κ1) is 24.9. The molecule has 0 radical (unpaired) electrons. The van der Waals surface area contributed by atoms with Gasteiger partial charge < -0.3 is 20.4 Å². The maximum Gasteiger partial charge on any atom is 0.254 e. The molecule has 0 saturated carbocycles. The smallest absolute Gasteiger partial charge is 0.254 e. The number of piperazine rings is 1. The Kier molecular flexibility index (Phi) is 11.3. The van der Waals surface area contributed by atoms with Crippen molar-refractivity contribution >= 4 is 41.8 Å². The molecule has 2 N–H and O–H groups in total. The Bertz CT molecular complexity index is 706. The topological polar surface area (TPSA) is 77.0 Å². The number of unbranched alkanes of at least 4 members (excludes halogenated alkanes) is 1. The molecular weight excluding hydrogens is 481 g/mol. The minimum Gasteiger partial charge on any atom is -0.357 e. The molecule has 8 heteroatoms. The number of carbonyl (C=O) groups is 2. The number of amides is 2. The van der Waals surface area contributed by atoms with Gasteiger partial charge in [0.25, 0.3) is 5.91 Å². The van der Waals surface area contributed by atoms with Crippen LogP contribution in [0.4, 0.5) is 0 Å². The van der Waals surface area contributed by atoms with Gasteiger partial charge in [-0.05, 0) is 37.5 Å². The Morgan fingerprint density at radius 3 is 2.72 bits per heavy atom. The largest absolute Gasteiger partial charge is 0.357 e. The van der Waals surface area contributed by atoms with E-state index in [1.807, 2.05) is 32.2 Å². The first-order valence-electron chi connectivity index (χ1n) is 9.80. The van der Waals surface area contributed by atoms with Crippen molar-refractivity contribution in [3.8, 4) is 0 Å². The molecule has 160 valence electrons. The fraction of sp³-hybridized carbons (Fsp3) is 0.476. The zero-order chi connectivity index (χ0) is 20.4. The van der Waals surface area contributed by atoms with Crippen LogP contribution >= 0.6 is 24.0 Å². The number of allylic oxidation sites excluding steroid dienone is 1. The fourth-order valence-corrected chi connectivity index (χ4v) is 2.96. The predicted molar refractivity (Wildman–Crippen MR) is 128 cm³/mol. The summed E-state index contributed by atoms with van der Waals surface area (Å²) >= 11 is 0. The minimum absolute atomic E-state index is 0. The van der Waals surface area contributed by atoms with Gasteiger partial charge in [0.05, 0.1) is 13.1 Å². The van der Waals surface area contributed by atoms with Crippen molar-refractivity contribution in [2.45, 2.75) is 26.3 Å². The van der Waals surface area contributed by atoms with E-state index in [0.717, 1.165) is 37.5 Å². The van der Waals surface area contributed by atoms with Gasteiger partial charge in [0.15, 0.2) is 5.96 Å². The SMILES string of the molecule is C=CCCCN(C)C(=NCc1ccc(C(=O)N2CCNC(=O)C2)cc1)NCC.I. The second-order valence-corrected chi connectivity index (χ2v) is 6.80. The fourth-order valence-electron chi connectivity index (χ4n) is 2.96. The van der Waals surface area contributed by atoms with E-state index in [9.17, 15) is 9.59 Å². The number of benzene rings is 1. The molecule has 0 atom stereocenters. The summed E-state index contributed by atoms with van der Waals surface area (Å²) in [5, 5.41) is 6.04. The van der Waals surface area contributed by atoms with Crippen molar-refractivity contribution < 1.29 is 9.59 Å². The van der Waals surface area contributed by atoms with Crippen LogP contribution in [0, 0.1) is 0 Å². The molecule has 0 bridgehead atoms. The van der Waals surface area contributed by atoms with Crippen molar-refractivity contribution in [2.75, 3.05) is 39.8 Å². The van der Waals surface area contributed by atoms with Gasteiger partial charge in [0.1, 0.15) is 0 Å². The Morgan fingerprint density at radius 2 is 2.10 bits per heavy atom. The summed E-state index contributed by atoms with van der Waals surface area (Å²) in [7, 11) is 2.03. The van der Waals surface area contributed by atoms with Crippen LogP contribution in [0.5, 0.6) is 0 Å². The van der Waals surface area contributed by atoms with Crippen molar-refractivity contribution in [2.24, 2.45) is 4.99 Å². The Labute approximate surface area is 190 Å². The van der Waals surface area contributed by atoms with Crippen LogP contribution in [0.2, 0.25) is 0 Å². The summed E-state index contributed by atoms with van der Waals surface area (Å²) in [5.74, 6) is 0.643. The van der Waals surface area contributed by atoms with Gasteiger partial charge in [-0.15, -0.1) is 30.6 Å². The molecule has 0 spiro atoms. The Morgan fingerprint density at radius 1 is 1.38 bits per heavy atom. The number of nitrogens with one attached hydrogen (secondary N) is 2. The van der Waals surface area contributed by atoms with Crippen molar-refractivity contribution in [3.63, 3.8) is 0 Å². The number of carbonyl (C=O) groups excluding carboxylic acids is 2. The zero-order valence-corrected chi connectivity index (χ0v) is 19.6. The normalized spacial score (nSPS) is 13.9. The quantitative estimate of drug-likeness (QED) is 0.184. The number of hydrogen-bond acceptors (Lipinski definition) is 3. The van der Waals surface area contributed by atoms with E-state index in [1.165, 1.54) is 0 Å². The van der Waals surface area contributed by atoms with Crippen LogP contribution in [0.15, 0.2) is 41.9 Å². The lowest BCUT2D eigenvalue weighted by Gasteiger charge is -2.26. The number of aliphatic imine (C=N–C) groups is 1. The maximum atomic E-state index is 12.5. The number of hydrogen-bond donors (Lipinski definition) is 2. The van der Waals surface area contributed by atoms with E-state index < -0.39 is 0 Å². The average molecular weight is 513 g/mol. The van der Waals surface area contributed by atoms with Gasteiger partial charge in [-0.2, -0.15) is 0 Å². The third-order valence-electron chi connectivity index (χ3n) is 4.54. The van der Waals surface area contributed by atoms with Crippen LogP contribution < -0.4 is 10.6 Å². The first-order valence-corrected chi connectivity index (χ1v) is 9.80. The molecule has 1 aromatic carbocycles. The summed E-state index contributed by atoms with van der Waals surface area (Å²) < 4.78 is 0. The number of halogens is 1. The van der Waals surface area contributed by atoms with Gasteiger partial charge in [0, 0.05) is 38.8 Å². The summed E-state index contributed by atoms with van der Waals surface area (Å²) in [6.07, 6.45) is 3.95. The van der Waals surface area contributed by atoms with E-state index in [2.05, 4.69) is 22.1 Å². The van der Waals surface area contributed by atoms with Crippen molar-refractivity contribution in [1.29, 1.82) is 0 Å². The third kappa shape index (κ3) is 8.04. The summed E-state index contributed by atoms with van der Waals surface area (Å²) in [4.78, 5) is 32.4. The van der Waals surface area contributed by atoms with E-state index in [0.29, 0.717) is 25.2 Å². The van der Waals surface area contributed by atoms with Gasteiger partial charge in [-0.25, -0.2) is 4.99 Å². The molecule has 1 aliphatic heterocycles. The number of nitrogens with zero attached hydrogens (tertiary/aromatic N) is 3. The Balaban J connectivity index is 0.00000420. The first-order chi connectivity index (χ1) is 13.5. The van der Waals surface area contributed by atoms with Gasteiger partial charge >= 0.3 is 0 Å². The molecule has 0 aromatic heterocycles. The van der Waals surface area contributed by atoms with Gasteiger partial charge in [0.2, 0.25) is 5.91 Å². The lowest BCUT2D eigenvalue weighted by atomic mass is 10.1. The monoisotopic (exact) mass is 513 g/mol. The summed E-state index contributed by atoms with van der Waals surface area (Å²) in [6, 6.07) is 7.45.